The van der Waals surface area contributed by atoms with E-state index in [-0.39, 0.29) is 5.91 Å². The van der Waals surface area contributed by atoms with Crippen LogP contribution in [0.5, 0.6) is 0 Å². The molecule has 1 unspecified atom stereocenters. The number of nitrogens with two attached hydrogens (primary N) is 1. The summed E-state index contributed by atoms with van der Waals surface area (Å²) in [5.74, 6) is -0.200. The molecule has 0 aliphatic rings. The molecular weight excluding hydrogens is 288 g/mol. The van der Waals surface area contributed by atoms with Gasteiger partial charge in [-0.25, -0.2) is 0 Å². The standard InChI is InChI=1S/C16H17ClN2O2/c1-11(21-10-12-2-4-13(17)5-3-12)16(20)19-15-8-6-14(18)7-9-15/h2-9,11H,10,18H2,1H3,(H,19,20). The molecule has 0 fully saturated rings. The number of halogens is 1. The molecule has 3 N–H and O–H groups in total. The Bertz CT molecular complexity index is 597. The van der Waals surface area contributed by atoms with Gasteiger partial charge in [0.15, 0.2) is 0 Å². The fraction of sp³-hybridized carbons (Fsp3) is 0.188. The normalized spacial score (nSPS) is 11.9. The summed E-state index contributed by atoms with van der Waals surface area (Å²) in [5, 5.41) is 3.45. The molecule has 0 aliphatic carbocycles. The summed E-state index contributed by atoms with van der Waals surface area (Å²) in [6.07, 6.45) is -0.557. The van der Waals surface area contributed by atoms with Crippen molar-refractivity contribution in [3.8, 4) is 0 Å². The minimum Gasteiger partial charge on any atom is -0.399 e. The van der Waals surface area contributed by atoms with Crippen molar-refractivity contribution in [2.75, 3.05) is 11.1 Å². The van der Waals surface area contributed by atoms with Crippen LogP contribution in [0.3, 0.4) is 0 Å². The van der Waals surface area contributed by atoms with Crippen LogP contribution in [0, 0.1) is 0 Å². The van der Waals surface area contributed by atoms with Gasteiger partial charge in [0.25, 0.3) is 5.91 Å². The second kappa shape index (κ2) is 7.11. The van der Waals surface area contributed by atoms with Gasteiger partial charge in [-0.1, -0.05) is 23.7 Å². The van der Waals surface area contributed by atoms with E-state index < -0.39 is 6.10 Å². The van der Waals surface area contributed by atoms with Gasteiger partial charge in [0, 0.05) is 16.4 Å². The fourth-order valence-electron chi connectivity index (χ4n) is 1.69. The zero-order valence-corrected chi connectivity index (χ0v) is 12.4. The second-order valence-electron chi connectivity index (χ2n) is 4.69. The number of nitrogen functional groups attached to an aromatic ring is 1. The number of amides is 1. The molecular formula is C16H17ClN2O2. The molecule has 0 radical (unpaired) electrons. The van der Waals surface area contributed by atoms with Crippen molar-refractivity contribution in [3.05, 3.63) is 59.1 Å². The first-order valence-corrected chi connectivity index (χ1v) is 6.95. The summed E-state index contributed by atoms with van der Waals surface area (Å²) < 4.78 is 5.55. The van der Waals surface area contributed by atoms with Crippen LogP contribution in [-0.4, -0.2) is 12.0 Å². The van der Waals surface area contributed by atoms with E-state index in [1.165, 1.54) is 0 Å². The topological polar surface area (TPSA) is 64.3 Å². The number of hydrogen-bond acceptors (Lipinski definition) is 3. The van der Waals surface area contributed by atoms with Gasteiger partial charge in [0.05, 0.1) is 6.61 Å². The summed E-state index contributed by atoms with van der Waals surface area (Å²) in [5.41, 5.74) is 7.90. The van der Waals surface area contributed by atoms with Crippen molar-refractivity contribution in [1.82, 2.24) is 0 Å². The minimum absolute atomic E-state index is 0.200. The second-order valence-corrected chi connectivity index (χ2v) is 5.13. The van der Waals surface area contributed by atoms with Crippen LogP contribution in [-0.2, 0) is 16.1 Å². The monoisotopic (exact) mass is 304 g/mol. The zero-order chi connectivity index (χ0) is 15.2. The third-order valence-electron chi connectivity index (χ3n) is 2.96. The van der Waals surface area contributed by atoms with Crippen molar-refractivity contribution >= 4 is 28.9 Å². The highest BCUT2D eigenvalue weighted by molar-refractivity contribution is 6.30. The quantitative estimate of drug-likeness (QED) is 0.831. The molecule has 1 amide bonds. The van der Waals surface area contributed by atoms with E-state index in [0.29, 0.717) is 23.0 Å². The van der Waals surface area contributed by atoms with Gasteiger partial charge >= 0.3 is 0 Å². The fourth-order valence-corrected chi connectivity index (χ4v) is 1.81. The summed E-state index contributed by atoms with van der Waals surface area (Å²) in [7, 11) is 0. The van der Waals surface area contributed by atoms with E-state index in [9.17, 15) is 4.79 Å². The van der Waals surface area contributed by atoms with Gasteiger partial charge < -0.3 is 15.8 Å². The number of carbonyl (C=O) groups excluding carboxylic acids is 1. The average molecular weight is 305 g/mol. The molecule has 4 nitrogen and oxygen atoms in total. The smallest absolute Gasteiger partial charge is 0.253 e. The molecule has 110 valence electrons. The van der Waals surface area contributed by atoms with E-state index in [2.05, 4.69) is 5.32 Å². The van der Waals surface area contributed by atoms with E-state index in [4.69, 9.17) is 22.1 Å². The minimum atomic E-state index is -0.557. The van der Waals surface area contributed by atoms with E-state index >= 15 is 0 Å². The highest BCUT2D eigenvalue weighted by Crippen LogP contribution is 2.13. The number of anilines is 2. The molecule has 0 spiro atoms. The SMILES string of the molecule is CC(OCc1ccc(Cl)cc1)C(=O)Nc1ccc(N)cc1. The maximum Gasteiger partial charge on any atom is 0.253 e. The Morgan fingerprint density at radius 3 is 2.43 bits per heavy atom. The van der Waals surface area contributed by atoms with Gasteiger partial charge in [-0.15, -0.1) is 0 Å². The van der Waals surface area contributed by atoms with Gasteiger partial charge in [0.2, 0.25) is 0 Å². The van der Waals surface area contributed by atoms with Crippen molar-refractivity contribution in [1.29, 1.82) is 0 Å². The maximum absolute atomic E-state index is 12.0. The van der Waals surface area contributed by atoms with Crippen LogP contribution >= 0.6 is 11.6 Å². The Labute approximate surface area is 128 Å². The lowest BCUT2D eigenvalue weighted by Crippen LogP contribution is -2.27. The summed E-state index contributed by atoms with van der Waals surface area (Å²) >= 11 is 5.81. The molecule has 0 bridgehead atoms. The predicted molar refractivity (Wildman–Crippen MR) is 85.2 cm³/mol. The lowest BCUT2D eigenvalue weighted by molar-refractivity contribution is -0.127. The molecule has 1 atom stereocenters. The van der Waals surface area contributed by atoms with E-state index in [1.54, 1.807) is 43.3 Å². The number of nitrogens with one attached hydrogen (secondary N) is 1. The lowest BCUT2D eigenvalue weighted by Gasteiger charge is -2.13. The number of ether oxygens (including phenoxy) is 1. The van der Waals surface area contributed by atoms with Crippen LogP contribution in [0.15, 0.2) is 48.5 Å². The van der Waals surface area contributed by atoms with Crippen LogP contribution < -0.4 is 11.1 Å². The third kappa shape index (κ3) is 4.77. The molecule has 21 heavy (non-hydrogen) atoms. The Hall–Kier alpha value is -2.04. The van der Waals surface area contributed by atoms with E-state index in [0.717, 1.165) is 5.56 Å². The van der Waals surface area contributed by atoms with Gasteiger partial charge in [-0.05, 0) is 48.9 Å². The van der Waals surface area contributed by atoms with Gasteiger partial charge in [0.1, 0.15) is 6.10 Å². The van der Waals surface area contributed by atoms with Crippen LogP contribution in [0.1, 0.15) is 12.5 Å². The summed E-state index contributed by atoms with van der Waals surface area (Å²) in [6.45, 7) is 2.07. The van der Waals surface area contributed by atoms with Crippen LogP contribution in [0.2, 0.25) is 5.02 Å². The highest BCUT2D eigenvalue weighted by Gasteiger charge is 2.13. The number of carbonyl (C=O) groups is 1. The molecule has 0 saturated carbocycles. The van der Waals surface area contributed by atoms with E-state index in [1.807, 2.05) is 12.1 Å². The van der Waals surface area contributed by atoms with Crippen LogP contribution in [0.4, 0.5) is 11.4 Å². The van der Waals surface area contributed by atoms with Crippen molar-refractivity contribution < 1.29 is 9.53 Å². The first kappa shape index (κ1) is 15.4. The molecule has 2 aromatic carbocycles. The average Bonchev–Trinajstić information content (AvgIpc) is 2.48. The number of benzene rings is 2. The van der Waals surface area contributed by atoms with Crippen LogP contribution in [0.25, 0.3) is 0 Å². The van der Waals surface area contributed by atoms with Gasteiger partial charge in [-0.2, -0.15) is 0 Å². The summed E-state index contributed by atoms with van der Waals surface area (Å²) in [4.78, 5) is 12.0. The lowest BCUT2D eigenvalue weighted by atomic mass is 10.2. The first-order valence-electron chi connectivity index (χ1n) is 6.57. The first-order chi connectivity index (χ1) is 10.0. The Balaban J connectivity index is 1.84. The largest absolute Gasteiger partial charge is 0.399 e. The molecule has 5 heteroatoms. The Morgan fingerprint density at radius 2 is 1.81 bits per heavy atom. The zero-order valence-electron chi connectivity index (χ0n) is 11.7. The molecule has 2 rings (SSSR count). The summed E-state index contributed by atoms with van der Waals surface area (Å²) in [6, 6.07) is 14.3. The molecule has 2 aromatic rings. The van der Waals surface area contributed by atoms with Crippen molar-refractivity contribution in [2.24, 2.45) is 0 Å². The van der Waals surface area contributed by atoms with Crippen molar-refractivity contribution in [2.45, 2.75) is 19.6 Å². The Kier molecular flexibility index (Phi) is 5.20. The highest BCUT2D eigenvalue weighted by atomic mass is 35.5. The maximum atomic E-state index is 12.0. The van der Waals surface area contributed by atoms with Crippen molar-refractivity contribution in [3.63, 3.8) is 0 Å². The molecule has 0 aromatic heterocycles. The number of rotatable bonds is 5. The Morgan fingerprint density at radius 1 is 1.19 bits per heavy atom. The molecule has 0 heterocycles. The number of hydrogen-bond donors (Lipinski definition) is 2. The molecule has 0 aliphatic heterocycles. The van der Waals surface area contributed by atoms with Gasteiger partial charge in [-0.3, -0.25) is 4.79 Å². The predicted octanol–water partition coefficient (Wildman–Crippen LogP) is 3.47. The third-order valence-corrected chi connectivity index (χ3v) is 3.21. The molecule has 0 saturated heterocycles.